The Balaban J connectivity index is 2.68. The Morgan fingerprint density at radius 2 is 1.59 bits per heavy atom. The van der Waals surface area contributed by atoms with Gasteiger partial charge >= 0.3 is 11.9 Å². The Kier molecular flexibility index (Phi) is 4.72. The molecule has 1 aromatic heterocycles. The van der Waals surface area contributed by atoms with Crippen LogP contribution in [0.25, 0.3) is 0 Å². The average molecular weight is 346 g/mol. The van der Waals surface area contributed by atoms with E-state index in [9.17, 15) is 14.4 Å². The first-order valence-electron chi connectivity index (χ1n) is 6.38. The third kappa shape index (κ3) is 2.57. The minimum Gasteiger partial charge on any atom is -0.468 e. The summed E-state index contributed by atoms with van der Waals surface area (Å²) in [5.74, 6) is -2.27. The molecule has 0 amide bonds. The predicted molar refractivity (Wildman–Crippen MR) is 77.7 cm³/mol. The van der Waals surface area contributed by atoms with Crippen LogP contribution in [0.2, 0.25) is 10.3 Å². The summed E-state index contributed by atoms with van der Waals surface area (Å²) in [6, 6.07) is 2.70. The SMILES string of the molecule is COC(=O)C(C(=O)OC)(c1cc(Cl)nc(Cl)c1)C1CC(=O)C1. The van der Waals surface area contributed by atoms with E-state index >= 15 is 0 Å². The zero-order chi connectivity index (χ0) is 16.5. The minimum atomic E-state index is -1.78. The van der Waals surface area contributed by atoms with Crippen LogP contribution in [0.4, 0.5) is 0 Å². The van der Waals surface area contributed by atoms with Crippen LogP contribution in [0.1, 0.15) is 18.4 Å². The van der Waals surface area contributed by atoms with E-state index in [-0.39, 0.29) is 34.5 Å². The zero-order valence-electron chi connectivity index (χ0n) is 11.9. The van der Waals surface area contributed by atoms with Crippen molar-refractivity contribution in [2.75, 3.05) is 14.2 Å². The second-order valence-corrected chi connectivity index (χ2v) is 5.71. The summed E-state index contributed by atoms with van der Waals surface area (Å²) >= 11 is 11.8. The molecule has 0 unspecified atom stereocenters. The molecule has 1 heterocycles. The molecule has 1 aliphatic carbocycles. The van der Waals surface area contributed by atoms with Gasteiger partial charge in [-0.3, -0.25) is 14.4 Å². The lowest BCUT2D eigenvalue weighted by atomic mass is 9.61. The number of methoxy groups -OCH3 is 2. The number of hydrogen-bond donors (Lipinski definition) is 0. The van der Waals surface area contributed by atoms with Crippen LogP contribution in [0, 0.1) is 5.92 Å². The molecule has 22 heavy (non-hydrogen) atoms. The summed E-state index contributed by atoms with van der Waals surface area (Å²) in [5, 5.41) is 0.0377. The summed E-state index contributed by atoms with van der Waals surface area (Å²) in [5.41, 5.74) is -1.58. The molecule has 1 aliphatic rings. The van der Waals surface area contributed by atoms with Crippen LogP contribution in [-0.4, -0.2) is 36.9 Å². The first kappa shape index (κ1) is 16.7. The van der Waals surface area contributed by atoms with Gasteiger partial charge in [0, 0.05) is 18.8 Å². The topological polar surface area (TPSA) is 82.6 Å². The van der Waals surface area contributed by atoms with E-state index in [4.69, 9.17) is 32.7 Å². The molecule has 1 saturated carbocycles. The van der Waals surface area contributed by atoms with Gasteiger partial charge in [-0.25, -0.2) is 4.98 Å². The molecule has 0 atom stereocenters. The van der Waals surface area contributed by atoms with Crippen molar-refractivity contribution in [2.24, 2.45) is 5.92 Å². The van der Waals surface area contributed by atoms with Gasteiger partial charge in [0.2, 0.25) is 0 Å². The molecule has 0 radical (unpaired) electrons. The molecule has 1 aromatic rings. The molecular weight excluding hydrogens is 333 g/mol. The molecule has 0 aliphatic heterocycles. The van der Waals surface area contributed by atoms with Gasteiger partial charge in [-0.1, -0.05) is 23.2 Å². The Hall–Kier alpha value is -1.66. The van der Waals surface area contributed by atoms with E-state index in [0.29, 0.717) is 0 Å². The summed E-state index contributed by atoms with van der Waals surface area (Å²) in [4.78, 5) is 40.1. The van der Waals surface area contributed by atoms with Crippen LogP contribution in [0.5, 0.6) is 0 Å². The highest BCUT2D eigenvalue weighted by molar-refractivity contribution is 6.32. The maximum Gasteiger partial charge on any atom is 0.328 e. The molecule has 6 nitrogen and oxygen atoms in total. The number of halogens is 2. The van der Waals surface area contributed by atoms with Crippen LogP contribution >= 0.6 is 23.2 Å². The van der Waals surface area contributed by atoms with E-state index in [1.807, 2.05) is 0 Å². The number of aromatic nitrogens is 1. The highest BCUT2D eigenvalue weighted by Gasteiger charge is 2.59. The molecule has 1 fully saturated rings. The number of pyridine rings is 1. The summed E-state index contributed by atoms with van der Waals surface area (Å²) in [6.45, 7) is 0. The maximum absolute atomic E-state index is 12.5. The Morgan fingerprint density at radius 1 is 1.14 bits per heavy atom. The molecule has 118 valence electrons. The van der Waals surface area contributed by atoms with Gasteiger partial charge in [0.05, 0.1) is 14.2 Å². The quantitative estimate of drug-likeness (QED) is 0.471. The molecule has 0 spiro atoms. The number of nitrogens with zero attached hydrogens (tertiary/aromatic N) is 1. The van der Waals surface area contributed by atoms with E-state index in [1.165, 1.54) is 12.1 Å². The van der Waals surface area contributed by atoms with Crippen molar-refractivity contribution in [1.29, 1.82) is 0 Å². The maximum atomic E-state index is 12.5. The lowest BCUT2D eigenvalue weighted by Gasteiger charge is -2.40. The molecule has 0 saturated heterocycles. The van der Waals surface area contributed by atoms with Crippen molar-refractivity contribution in [3.05, 3.63) is 28.0 Å². The van der Waals surface area contributed by atoms with Crippen molar-refractivity contribution in [1.82, 2.24) is 4.98 Å². The van der Waals surface area contributed by atoms with Crippen LogP contribution in [0.3, 0.4) is 0 Å². The fourth-order valence-corrected chi connectivity index (χ4v) is 3.16. The van der Waals surface area contributed by atoms with Gasteiger partial charge in [0.1, 0.15) is 16.1 Å². The number of ether oxygens (including phenoxy) is 2. The Labute approximate surface area is 136 Å². The predicted octanol–water partition coefficient (Wildman–Crippen LogP) is 1.95. The van der Waals surface area contributed by atoms with Crippen molar-refractivity contribution < 1.29 is 23.9 Å². The summed E-state index contributed by atoms with van der Waals surface area (Å²) in [7, 11) is 2.32. The van der Waals surface area contributed by atoms with Crippen molar-refractivity contribution in [3.8, 4) is 0 Å². The van der Waals surface area contributed by atoms with Crippen LogP contribution < -0.4 is 0 Å². The number of carbonyl (C=O) groups excluding carboxylic acids is 3. The fourth-order valence-electron chi connectivity index (χ4n) is 2.70. The minimum absolute atomic E-state index is 0.0188. The summed E-state index contributed by atoms with van der Waals surface area (Å²) < 4.78 is 9.61. The largest absolute Gasteiger partial charge is 0.468 e. The molecule has 2 rings (SSSR count). The average Bonchev–Trinajstić information content (AvgIpc) is 2.44. The zero-order valence-corrected chi connectivity index (χ0v) is 13.4. The number of esters is 2. The van der Waals surface area contributed by atoms with Gasteiger partial charge < -0.3 is 9.47 Å². The lowest BCUT2D eigenvalue weighted by Crippen LogP contribution is -2.55. The lowest BCUT2D eigenvalue weighted by molar-refractivity contribution is -0.168. The van der Waals surface area contributed by atoms with Gasteiger partial charge in [-0.15, -0.1) is 0 Å². The second-order valence-electron chi connectivity index (χ2n) is 4.94. The van der Waals surface area contributed by atoms with E-state index < -0.39 is 23.3 Å². The van der Waals surface area contributed by atoms with Crippen LogP contribution in [-0.2, 0) is 29.3 Å². The van der Waals surface area contributed by atoms with E-state index in [0.717, 1.165) is 14.2 Å². The number of Topliss-reactive ketones (excluding diaryl/α,β-unsaturated/α-hetero) is 1. The molecule has 8 heteroatoms. The third-order valence-electron chi connectivity index (χ3n) is 3.79. The number of ketones is 1. The number of carbonyl (C=O) groups is 3. The highest BCUT2D eigenvalue weighted by atomic mass is 35.5. The van der Waals surface area contributed by atoms with Gasteiger partial charge in [-0.2, -0.15) is 0 Å². The standard InChI is InChI=1S/C14H13Cl2NO5/c1-21-12(19)14(13(20)22-2,7-3-9(18)4-7)8-5-10(15)17-11(16)6-8/h5-7H,3-4H2,1-2H3. The van der Waals surface area contributed by atoms with E-state index in [1.54, 1.807) is 0 Å². The summed E-state index contributed by atoms with van der Waals surface area (Å²) in [6.07, 6.45) is 0.142. The van der Waals surface area contributed by atoms with Crippen LogP contribution in [0.15, 0.2) is 12.1 Å². The first-order valence-corrected chi connectivity index (χ1v) is 7.14. The van der Waals surface area contributed by atoms with Crippen molar-refractivity contribution >= 4 is 40.9 Å². The molecule has 0 N–H and O–H groups in total. The monoisotopic (exact) mass is 345 g/mol. The molecule has 0 bridgehead atoms. The fraction of sp³-hybridized carbons (Fsp3) is 0.429. The second kappa shape index (κ2) is 6.22. The normalized spacial score (nSPS) is 15.2. The number of rotatable bonds is 4. The first-order chi connectivity index (χ1) is 10.4. The van der Waals surface area contributed by atoms with Gasteiger partial charge in [0.15, 0.2) is 5.41 Å². The smallest absolute Gasteiger partial charge is 0.328 e. The molecular formula is C14H13Cl2NO5. The highest BCUT2D eigenvalue weighted by Crippen LogP contribution is 2.45. The Morgan fingerprint density at radius 3 is 1.95 bits per heavy atom. The van der Waals surface area contributed by atoms with Gasteiger partial charge in [0.25, 0.3) is 0 Å². The third-order valence-corrected chi connectivity index (χ3v) is 4.18. The van der Waals surface area contributed by atoms with Crippen molar-refractivity contribution in [3.63, 3.8) is 0 Å². The Bertz CT molecular complexity index is 602. The van der Waals surface area contributed by atoms with Crippen molar-refractivity contribution in [2.45, 2.75) is 18.3 Å². The van der Waals surface area contributed by atoms with E-state index in [2.05, 4.69) is 4.98 Å². The van der Waals surface area contributed by atoms with Gasteiger partial charge in [-0.05, 0) is 17.7 Å². The molecule has 0 aromatic carbocycles. The number of hydrogen-bond acceptors (Lipinski definition) is 6.